The maximum absolute atomic E-state index is 14.8. The highest BCUT2D eigenvalue weighted by atomic mass is 16.5. The highest BCUT2D eigenvalue weighted by Crippen LogP contribution is 2.25. The molecular formula is C47H71N7O11. The summed E-state index contributed by atoms with van der Waals surface area (Å²) in [7, 11) is 1.44. The predicted molar refractivity (Wildman–Crippen MR) is 241 cm³/mol. The number of carbonyl (C=O) groups excluding carboxylic acids is 9. The van der Waals surface area contributed by atoms with Crippen LogP contribution < -0.4 is 27.0 Å². The third-order valence-corrected chi connectivity index (χ3v) is 12.4. The summed E-state index contributed by atoms with van der Waals surface area (Å²) in [5, 5.41) is 20.9. The zero-order valence-corrected chi connectivity index (χ0v) is 39.6. The number of nitrogens with zero attached hydrogens (tertiary/aromatic N) is 2. The van der Waals surface area contributed by atoms with Crippen LogP contribution in [0.4, 0.5) is 0 Å². The monoisotopic (exact) mass is 910 g/mol. The van der Waals surface area contributed by atoms with Gasteiger partial charge in [0, 0.05) is 44.3 Å². The molecule has 0 saturated carbocycles. The molecule has 0 radical (unpaired) electrons. The number of rotatable bonds is 16. The molecule has 1 saturated heterocycles. The van der Waals surface area contributed by atoms with Crippen LogP contribution >= 0.6 is 0 Å². The number of Topliss-reactive ketones (excluding diaryl/α,β-unsaturated/α-hetero) is 1. The van der Waals surface area contributed by atoms with Crippen LogP contribution in [-0.4, -0.2) is 117 Å². The molecule has 18 nitrogen and oxygen atoms in total. The predicted octanol–water partition coefficient (Wildman–Crippen LogP) is 2.40. The zero-order chi connectivity index (χ0) is 48.9. The Bertz CT molecular complexity index is 1920. The lowest BCUT2D eigenvalue weighted by Gasteiger charge is -2.40. The van der Waals surface area contributed by atoms with Crippen molar-refractivity contribution in [2.45, 2.75) is 156 Å². The van der Waals surface area contributed by atoms with E-state index in [1.165, 1.54) is 42.1 Å². The number of cyclic esters (lactones) is 1. The fraction of sp³-hybridized carbons (Fsp3) is 0.638. The van der Waals surface area contributed by atoms with Crippen LogP contribution in [0.3, 0.4) is 0 Å². The number of ether oxygens (including phenoxy) is 1. The number of primary amides is 1. The molecule has 2 heterocycles. The second-order valence-corrected chi connectivity index (χ2v) is 18.3. The van der Waals surface area contributed by atoms with E-state index in [1.54, 1.807) is 52.8 Å². The lowest BCUT2D eigenvalue weighted by Crippen LogP contribution is -2.62. The molecule has 0 aliphatic carbocycles. The number of ketones is 1. The molecule has 7 N–H and O–H groups in total. The second-order valence-electron chi connectivity index (χ2n) is 18.3. The molecule has 0 aromatic heterocycles. The summed E-state index contributed by atoms with van der Waals surface area (Å²) in [5.41, 5.74) is 5.97. The third-order valence-electron chi connectivity index (χ3n) is 12.4. The topological polar surface area (TPSA) is 264 Å². The van der Waals surface area contributed by atoms with Gasteiger partial charge in [0.15, 0.2) is 0 Å². The van der Waals surface area contributed by atoms with Crippen molar-refractivity contribution in [3.63, 3.8) is 0 Å². The van der Waals surface area contributed by atoms with Gasteiger partial charge in [0.1, 0.15) is 53.9 Å². The average molecular weight is 910 g/mol. The molecule has 1 aromatic carbocycles. The number of likely N-dealkylation sites (N-methyl/N-ethyl adjacent to an activating group) is 1. The van der Waals surface area contributed by atoms with E-state index in [0.29, 0.717) is 18.4 Å². The van der Waals surface area contributed by atoms with E-state index in [9.17, 15) is 48.3 Å². The maximum Gasteiger partial charge on any atom is 0.329 e. The second kappa shape index (κ2) is 24.5. The number of hydrogen-bond donors (Lipinski definition) is 6. The van der Waals surface area contributed by atoms with E-state index < -0.39 is 113 Å². The van der Waals surface area contributed by atoms with E-state index >= 15 is 0 Å². The number of phenols is 1. The summed E-state index contributed by atoms with van der Waals surface area (Å²) in [6, 6.07) is -1.77. The normalized spacial score (nSPS) is 25.3. The summed E-state index contributed by atoms with van der Waals surface area (Å²) in [6.07, 6.45) is 1.96. The van der Waals surface area contributed by atoms with Gasteiger partial charge in [0.25, 0.3) is 0 Å². The average Bonchev–Trinajstić information content (AvgIpc) is 3.25. The SMILES string of the molecule is CCC(C)[C@@H]1NC(=O)[C@H](Cc2ccc(O)cc2)N(C)C(=O)[C@H](C(C)CC)N2C=CC[C@H](NC(=O)[C@H](CC(C)C)NC(=O)[C@H](NC(=O)[C@H](CCC(N)=O)CC(=O)C(C)C)[C@@H](C)OC1=O)C2=O. The molecular weight excluding hydrogens is 839 g/mol. The number of aromatic hydroxyl groups is 1. The molecule has 2 unspecified atom stereocenters. The smallest absolute Gasteiger partial charge is 0.329 e. The van der Waals surface area contributed by atoms with Gasteiger partial charge in [-0.2, -0.15) is 0 Å². The van der Waals surface area contributed by atoms with Gasteiger partial charge < -0.3 is 46.6 Å². The van der Waals surface area contributed by atoms with Gasteiger partial charge in [-0.05, 0) is 61.6 Å². The van der Waals surface area contributed by atoms with Crippen molar-refractivity contribution in [3.05, 3.63) is 42.1 Å². The number of carbonyl (C=O) groups is 9. The van der Waals surface area contributed by atoms with E-state index in [0.717, 1.165) is 0 Å². The lowest BCUT2D eigenvalue weighted by atomic mass is 9.91. The molecule has 3 rings (SSSR count). The van der Waals surface area contributed by atoms with Crippen LogP contribution in [0, 0.1) is 29.6 Å². The number of fused-ring (bicyclic) bond motifs is 2. The molecule has 65 heavy (non-hydrogen) atoms. The maximum atomic E-state index is 14.8. The first-order chi connectivity index (χ1) is 30.5. The van der Waals surface area contributed by atoms with Gasteiger partial charge in [0.2, 0.25) is 41.4 Å². The van der Waals surface area contributed by atoms with Crippen LogP contribution in [0.5, 0.6) is 5.75 Å². The summed E-state index contributed by atoms with van der Waals surface area (Å²) in [5.74, 6) is -9.08. The minimum Gasteiger partial charge on any atom is -0.508 e. The van der Waals surface area contributed by atoms with E-state index in [4.69, 9.17) is 10.5 Å². The van der Waals surface area contributed by atoms with Gasteiger partial charge >= 0.3 is 5.97 Å². The van der Waals surface area contributed by atoms with E-state index in [-0.39, 0.29) is 56.0 Å². The Morgan fingerprint density at radius 1 is 0.877 bits per heavy atom. The van der Waals surface area contributed by atoms with Crippen molar-refractivity contribution in [1.29, 1.82) is 0 Å². The van der Waals surface area contributed by atoms with Crippen molar-refractivity contribution >= 4 is 53.1 Å². The summed E-state index contributed by atoms with van der Waals surface area (Å²) < 4.78 is 5.93. The molecule has 2 aliphatic rings. The van der Waals surface area contributed by atoms with Gasteiger partial charge in [-0.3, -0.25) is 38.4 Å². The van der Waals surface area contributed by atoms with Gasteiger partial charge in [0.05, 0.1) is 0 Å². The lowest BCUT2D eigenvalue weighted by molar-refractivity contribution is -0.158. The van der Waals surface area contributed by atoms with Crippen molar-refractivity contribution in [2.75, 3.05) is 7.05 Å². The number of benzene rings is 1. The van der Waals surface area contributed by atoms with Crippen molar-refractivity contribution in [1.82, 2.24) is 31.1 Å². The Kier molecular flexibility index (Phi) is 20.2. The van der Waals surface area contributed by atoms with Crippen LogP contribution in [0.1, 0.15) is 113 Å². The molecule has 7 amide bonds. The third kappa shape index (κ3) is 14.9. The van der Waals surface area contributed by atoms with Crippen LogP contribution in [0.25, 0.3) is 0 Å². The molecule has 360 valence electrons. The fourth-order valence-electron chi connectivity index (χ4n) is 7.77. The van der Waals surface area contributed by atoms with Crippen molar-refractivity contribution in [2.24, 2.45) is 35.3 Å². The Balaban J connectivity index is 2.25. The van der Waals surface area contributed by atoms with Crippen LogP contribution in [0.15, 0.2) is 36.5 Å². The van der Waals surface area contributed by atoms with E-state index in [2.05, 4.69) is 21.3 Å². The van der Waals surface area contributed by atoms with E-state index in [1.807, 2.05) is 20.8 Å². The first-order valence-electron chi connectivity index (χ1n) is 22.8. The molecule has 1 aromatic rings. The van der Waals surface area contributed by atoms with Crippen LogP contribution in [0.2, 0.25) is 0 Å². The zero-order valence-electron chi connectivity index (χ0n) is 39.6. The Morgan fingerprint density at radius 2 is 1.51 bits per heavy atom. The van der Waals surface area contributed by atoms with Crippen molar-refractivity contribution < 1.29 is 53.0 Å². The molecule has 2 bridgehead atoms. The number of phenolic OH excluding ortho intramolecular Hbond substituents is 1. The molecule has 18 heteroatoms. The largest absolute Gasteiger partial charge is 0.508 e. The number of amides is 7. The molecule has 0 spiro atoms. The standard InChI is InChI=1S/C47H71N7O11/c1-11-27(7)38-47(64)65-29(9)39(52-41(58)31(17-20-37(48)57)24-36(56)26(5)6)44(61)50-34(22-25(3)4)42(59)49-33-14-13-21-54(45(33)62)40(28(8)12-2)46(63)53(10)35(43(60)51-38)23-30-15-18-32(55)19-16-30/h13,15-16,18-19,21,25-29,31,33-35,38-40,55H,11-12,14,17,20,22-24H2,1-10H3,(H2,48,57)(H,49,59)(H,50,61)(H,51,60)(H,52,58)/t27?,28?,29-,31-,33+,34+,35+,38+,39-,40+/m1/s1. The number of nitrogens with one attached hydrogen (secondary N) is 4. The highest BCUT2D eigenvalue weighted by Gasteiger charge is 2.44. The summed E-state index contributed by atoms with van der Waals surface area (Å²) >= 11 is 0. The first kappa shape index (κ1) is 53.5. The summed E-state index contributed by atoms with van der Waals surface area (Å²) in [4.78, 5) is 128. The summed E-state index contributed by atoms with van der Waals surface area (Å²) in [6.45, 7) is 15.5. The molecule has 2 aliphatic heterocycles. The van der Waals surface area contributed by atoms with Gasteiger partial charge in [-0.1, -0.05) is 86.4 Å². The minimum absolute atomic E-state index is 0.0188. The fourth-order valence-corrected chi connectivity index (χ4v) is 7.77. The molecule has 1 fully saturated rings. The Hall–Kier alpha value is -5.81. The van der Waals surface area contributed by atoms with Gasteiger partial charge in [-0.25, -0.2) is 4.79 Å². The minimum atomic E-state index is -1.67. The van der Waals surface area contributed by atoms with Crippen LogP contribution in [-0.2, 0) is 54.3 Å². The first-order valence-corrected chi connectivity index (χ1v) is 22.8. The number of nitrogens with two attached hydrogens (primary N) is 1. The highest BCUT2D eigenvalue weighted by molar-refractivity contribution is 5.98. The number of esters is 1. The van der Waals surface area contributed by atoms with Gasteiger partial charge in [-0.15, -0.1) is 0 Å². The molecule has 10 atom stereocenters. The Labute approximate surface area is 382 Å². The van der Waals surface area contributed by atoms with Crippen molar-refractivity contribution in [3.8, 4) is 5.75 Å². The Morgan fingerprint density at radius 3 is 2.08 bits per heavy atom. The quantitative estimate of drug-likeness (QED) is 0.131. The number of hydrogen-bond acceptors (Lipinski definition) is 11.